The first-order valence-electron chi connectivity index (χ1n) is 8.92. The van der Waals surface area contributed by atoms with E-state index in [0.717, 1.165) is 26.4 Å². The molecule has 0 aliphatic carbocycles. The van der Waals surface area contributed by atoms with Crippen molar-refractivity contribution in [3.8, 4) is 0 Å². The highest BCUT2D eigenvalue weighted by atomic mass is 16.5. The largest absolute Gasteiger partial charge is 0.381 e. The summed E-state index contributed by atoms with van der Waals surface area (Å²) in [7, 11) is 0. The van der Waals surface area contributed by atoms with Crippen molar-refractivity contribution in [1.29, 1.82) is 0 Å². The van der Waals surface area contributed by atoms with Crippen LogP contribution in [0, 0.1) is 25.7 Å². The first-order chi connectivity index (χ1) is 10.7. The number of aryl methyl sites for hydroxylation is 1. The molecular formula is C20H30O2. The third kappa shape index (κ3) is 2.72. The van der Waals surface area contributed by atoms with E-state index in [2.05, 4.69) is 39.8 Å². The Balaban J connectivity index is 2.02. The Kier molecular flexibility index (Phi) is 4.89. The van der Waals surface area contributed by atoms with Gasteiger partial charge >= 0.3 is 0 Å². The SMILES string of the molecule is CCC(c1ccc(C)c(C)c1C(CC)C1COC1)C1COC1. The fourth-order valence-corrected chi connectivity index (χ4v) is 4.23. The van der Waals surface area contributed by atoms with Crippen LogP contribution in [0.5, 0.6) is 0 Å². The lowest BCUT2D eigenvalue weighted by Crippen LogP contribution is -2.36. The third-order valence-electron chi connectivity index (χ3n) is 5.94. The summed E-state index contributed by atoms with van der Waals surface area (Å²) >= 11 is 0. The van der Waals surface area contributed by atoms with Gasteiger partial charge in [-0.25, -0.2) is 0 Å². The molecule has 2 nitrogen and oxygen atoms in total. The molecule has 0 saturated carbocycles. The normalized spacial score (nSPS) is 22.0. The molecule has 0 amide bonds. The number of ether oxygens (including phenoxy) is 2. The van der Waals surface area contributed by atoms with Crippen LogP contribution in [-0.4, -0.2) is 26.4 Å². The zero-order valence-electron chi connectivity index (χ0n) is 14.5. The predicted molar refractivity (Wildman–Crippen MR) is 90.6 cm³/mol. The molecule has 1 aromatic rings. The quantitative estimate of drug-likeness (QED) is 0.765. The zero-order valence-corrected chi connectivity index (χ0v) is 14.5. The molecule has 0 aromatic heterocycles. The number of hydrogen-bond acceptors (Lipinski definition) is 2. The van der Waals surface area contributed by atoms with E-state index in [1.165, 1.54) is 24.0 Å². The van der Waals surface area contributed by atoms with Gasteiger partial charge in [0.1, 0.15) is 0 Å². The Labute approximate surface area is 135 Å². The van der Waals surface area contributed by atoms with Crippen molar-refractivity contribution in [1.82, 2.24) is 0 Å². The van der Waals surface area contributed by atoms with E-state index in [9.17, 15) is 0 Å². The molecule has 3 rings (SSSR count). The van der Waals surface area contributed by atoms with Crippen LogP contribution < -0.4 is 0 Å². The summed E-state index contributed by atoms with van der Waals surface area (Å²) in [5.74, 6) is 2.72. The minimum absolute atomic E-state index is 0.651. The van der Waals surface area contributed by atoms with Gasteiger partial charge in [-0.1, -0.05) is 26.0 Å². The summed E-state index contributed by atoms with van der Waals surface area (Å²) in [5, 5.41) is 0. The van der Waals surface area contributed by atoms with Crippen LogP contribution in [0.2, 0.25) is 0 Å². The lowest BCUT2D eigenvalue weighted by molar-refractivity contribution is -0.0494. The molecule has 2 aliphatic heterocycles. The molecule has 2 fully saturated rings. The predicted octanol–water partition coefficient (Wildman–Crippen LogP) is 4.58. The van der Waals surface area contributed by atoms with Gasteiger partial charge < -0.3 is 9.47 Å². The molecule has 2 unspecified atom stereocenters. The summed E-state index contributed by atoms with van der Waals surface area (Å²) in [4.78, 5) is 0. The fourth-order valence-electron chi connectivity index (χ4n) is 4.23. The first-order valence-corrected chi connectivity index (χ1v) is 8.92. The third-order valence-corrected chi connectivity index (χ3v) is 5.94. The maximum atomic E-state index is 5.50. The maximum Gasteiger partial charge on any atom is 0.0522 e. The molecule has 0 bridgehead atoms. The monoisotopic (exact) mass is 302 g/mol. The van der Waals surface area contributed by atoms with Gasteiger partial charge in [-0.3, -0.25) is 0 Å². The van der Waals surface area contributed by atoms with Gasteiger partial charge in [-0.2, -0.15) is 0 Å². The van der Waals surface area contributed by atoms with Gasteiger partial charge in [0.25, 0.3) is 0 Å². The molecule has 22 heavy (non-hydrogen) atoms. The van der Waals surface area contributed by atoms with E-state index in [1.54, 1.807) is 11.1 Å². The van der Waals surface area contributed by atoms with Crippen LogP contribution in [0.25, 0.3) is 0 Å². The molecule has 2 atom stereocenters. The molecule has 0 radical (unpaired) electrons. The Hall–Kier alpha value is -0.860. The van der Waals surface area contributed by atoms with E-state index in [4.69, 9.17) is 9.47 Å². The second-order valence-corrected chi connectivity index (χ2v) is 7.13. The second kappa shape index (κ2) is 6.72. The topological polar surface area (TPSA) is 18.5 Å². The minimum atomic E-state index is 0.651. The van der Waals surface area contributed by atoms with Crippen molar-refractivity contribution in [3.05, 3.63) is 34.4 Å². The average Bonchev–Trinajstić information content (AvgIpc) is 2.41. The highest BCUT2D eigenvalue weighted by Gasteiger charge is 2.35. The minimum Gasteiger partial charge on any atom is -0.381 e. The molecule has 122 valence electrons. The van der Waals surface area contributed by atoms with E-state index < -0.39 is 0 Å². The Morgan fingerprint density at radius 2 is 1.45 bits per heavy atom. The van der Waals surface area contributed by atoms with Crippen LogP contribution in [0.4, 0.5) is 0 Å². The Bertz CT molecular complexity index is 515. The van der Waals surface area contributed by atoms with Gasteiger partial charge in [0, 0.05) is 11.8 Å². The van der Waals surface area contributed by atoms with Crippen LogP contribution in [0.1, 0.15) is 60.8 Å². The van der Waals surface area contributed by atoms with E-state index >= 15 is 0 Å². The number of rotatable bonds is 6. The summed E-state index contributed by atoms with van der Waals surface area (Å²) in [6.45, 7) is 13.0. The summed E-state index contributed by atoms with van der Waals surface area (Å²) in [6, 6.07) is 4.73. The van der Waals surface area contributed by atoms with Gasteiger partial charge in [-0.05, 0) is 60.8 Å². The van der Waals surface area contributed by atoms with Gasteiger partial charge in [0.05, 0.1) is 26.4 Å². The van der Waals surface area contributed by atoms with E-state index in [1.807, 2.05) is 0 Å². The zero-order chi connectivity index (χ0) is 15.7. The van der Waals surface area contributed by atoms with E-state index in [0.29, 0.717) is 23.7 Å². The average molecular weight is 302 g/mol. The van der Waals surface area contributed by atoms with Crippen molar-refractivity contribution in [3.63, 3.8) is 0 Å². The molecular weight excluding hydrogens is 272 g/mol. The fraction of sp³-hybridized carbons (Fsp3) is 0.700. The van der Waals surface area contributed by atoms with Gasteiger partial charge in [0.15, 0.2) is 0 Å². The molecule has 2 aliphatic rings. The van der Waals surface area contributed by atoms with Gasteiger partial charge in [-0.15, -0.1) is 0 Å². The highest BCUT2D eigenvalue weighted by Crippen LogP contribution is 2.43. The van der Waals surface area contributed by atoms with Crippen LogP contribution in [-0.2, 0) is 9.47 Å². The molecule has 2 heteroatoms. The summed E-state index contributed by atoms with van der Waals surface area (Å²) in [5.41, 5.74) is 6.17. The molecule has 2 saturated heterocycles. The van der Waals surface area contributed by atoms with Crippen molar-refractivity contribution in [2.45, 2.75) is 52.4 Å². The van der Waals surface area contributed by atoms with Crippen LogP contribution in [0.15, 0.2) is 12.1 Å². The highest BCUT2D eigenvalue weighted by molar-refractivity contribution is 5.45. The van der Waals surface area contributed by atoms with Crippen molar-refractivity contribution >= 4 is 0 Å². The van der Waals surface area contributed by atoms with Crippen LogP contribution in [0.3, 0.4) is 0 Å². The number of benzene rings is 1. The van der Waals surface area contributed by atoms with E-state index in [-0.39, 0.29) is 0 Å². The smallest absolute Gasteiger partial charge is 0.0522 e. The maximum absolute atomic E-state index is 5.50. The molecule has 0 spiro atoms. The Morgan fingerprint density at radius 1 is 0.909 bits per heavy atom. The molecule has 0 N–H and O–H groups in total. The lowest BCUT2D eigenvalue weighted by atomic mass is 9.72. The lowest BCUT2D eigenvalue weighted by Gasteiger charge is -2.39. The van der Waals surface area contributed by atoms with Gasteiger partial charge in [0.2, 0.25) is 0 Å². The summed E-state index contributed by atoms with van der Waals surface area (Å²) < 4.78 is 11.0. The van der Waals surface area contributed by atoms with Crippen molar-refractivity contribution in [2.75, 3.05) is 26.4 Å². The van der Waals surface area contributed by atoms with Crippen molar-refractivity contribution in [2.24, 2.45) is 11.8 Å². The second-order valence-electron chi connectivity index (χ2n) is 7.13. The van der Waals surface area contributed by atoms with Crippen LogP contribution >= 0.6 is 0 Å². The Morgan fingerprint density at radius 3 is 1.91 bits per heavy atom. The number of hydrogen-bond donors (Lipinski definition) is 0. The molecule has 2 heterocycles. The molecule has 1 aromatic carbocycles. The summed E-state index contributed by atoms with van der Waals surface area (Å²) in [6.07, 6.45) is 2.42. The van der Waals surface area contributed by atoms with Crippen molar-refractivity contribution < 1.29 is 9.47 Å². The first kappa shape index (κ1) is 16.0. The standard InChI is InChI=1S/C20H30O2/c1-5-17(15-9-21-10-15)19-8-7-13(3)14(4)20(19)18(6-2)16-11-22-12-16/h7-8,15-18H,5-6,9-12H2,1-4H3.